The Hall–Kier alpha value is -3.70. The Morgan fingerprint density at radius 2 is 1.73 bits per heavy atom. The van der Waals surface area contributed by atoms with E-state index in [0.717, 1.165) is 16.7 Å². The summed E-state index contributed by atoms with van der Waals surface area (Å²) in [5, 5.41) is 1.18. The summed E-state index contributed by atoms with van der Waals surface area (Å²) >= 11 is 6.32. The van der Waals surface area contributed by atoms with E-state index in [2.05, 4.69) is 0 Å². The number of pyridine rings is 1. The standard InChI is InChI=1S/C27H22ClNO4/c1-16-7-9-18(10-8-16)24-14-22(21-11-12-23(28)17(2)26(21)29-24)27(31)33-15-25(30)19-5-4-6-20(13-19)32-3/h4-14H,15H2,1-3H3. The molecule has 0 radical (unpaired) electrons. The lowest BCUT2D eigenvalue weighted by molar-refractivity contribution is 0.0476. The van der Waals surface area contributed by atoms with Gasteiger partial charge in [0.15, 0.2) is 12.4 Å². The Balaban J connectivity index is 1.69. The summed E-state index contributed by atoms with van der Waals surface area (Å²) in [6.45, 7) is 3.48. The van der Waals surface area contributed by atoms with Gasteiger partial charge in [-0.05, 0) is 43.7 Å². The highest BCUT2D eigenvalue weighted by atomic mass is 35.5. The zero-order valence-corrected chi connectivity index (χ0v) is 19.3. The van der Waals surface area contributed by atoms with Crippen molar-refractivity contribution in [3.05, 3.63) is 94.0 Å². The number of carbonyl (C=O) groups excluding carboxylic acids is 2. The molecular weight excluding hydrogens is 438 g/mol. The zero-order chi connectivity index (χ0) is 23.5. The lowest BCUT2D eigenvalue weighted by atomic mass is 10.0. The minimum absolute atomic E-state index is 0.321. The Morgan fingerprint density at radius 1 is 0.970 bits per heavy atom. The van der Waals surface area contributed by atoms with Crippen molar-refractivity contribution in [2.24, 2.45) is 0 Å². The highest BCUT2D eigenvalue weighted by Crippen LogP contribution is 2.30. The molecule has 0 N–H and O–H groups in total. The van der Waals surface area contributed by atoms with Crippen LogP contribution in [0.15, 0.2) is 66.7 Å². The topological polar surface area (TPSA) is 65.5 Å². The van der Waals surface area contributed by atoms with Crippen molar-refractivity contribution in [3.63, 3.8) is 0 Å². The number of fused-ring (bicyclic) bond motifs is 1. The molecule has 3 aromatic carbocycles. The van der Waals surface area contributed by atoms with Gasteiger partial charge in [0.2, 0.25) is 0 Å². The molecule has 0 unspecified atom stereocenters. The highest BCUT2D eigenvalue weighted by molar-refractivity contribution is 6.32. The Bertz CT molecular complexity index is 1360. The average molecular weight is 460 g/mol. The molecule has 0 amide bonds. The SMILES string of the molecule is COc1cccc(C(=O)COC(=O)c2cc(-c3ccc(C)cc3)nc3c(C)c(Cl)ccc23)c1. The molecule has 5 nitrogen and oxygen atoms in total. The first kappa shape index (κ1) is 22.5. The molecule has 0 spiro atoms. The monoisotopic (exact) mass is 459 g/mol. The largest absolute Gasteiger partial charge is 0.497 e. The molecule has 0 aliphatic carbocycles. The number of Topliss-reactive ketones (excluding diaryl/α,β-unsaturated/α-hetero) is 1. The minimum Gasteiger partial charge on any atom is -0.497 e. The van der Waals surface area contributed by atoms with E-state index in [1.54, 1.807) is 42.5 Å². The van der Waals surface area contributed by atoms with E-state index >= 15 is 0 Å². The van der Waals surface area contributed by atoms with Crippen molar-refractivity contribution in [2.45, 2.75) is 13.8 Å². The van der Waals surface area contributed by atoms with Gasteiger partial charge < -0.3 is 9.47 Å². The third-order valence-corrected chi connectivity index (χ3v) is 5.87. The van der Waals surface area contributed by atoms with E-state index in [-0.39, 0.29) is 12.4 Å². The van der Waals surface area contributed by atoms with Gasteiger partial charge >= 0.3 is 5.97 Å². The number of hydrogen-bond acceptors (Lipinski definition) is 5. The van der Waals surface area contributed by atoms with E-state index in [9.17, 15) is 9.59 Å². The Morgan fingerprint density at radius 3 is 2.45 bits per heavy atom. The molecule has 4 aromatic rings. The van der Waals surface area contributed by atoms with Crippen LogP contribution in [-0.4, -0.2) is 30.5 Å². The zero-order valence-electron chi connectivity index (χ0n) is 18.5. The van der Waals surface area contributed by atoms with Gasteiger partial charge in [0.25, 0.3) is 0 Å². The summed E-state index contributed by atoms with van der Waals surface area (Å²) < 4.78 is 10.6. The van der Waals surface area contributed by atoms with Gasteiger partial charge in [0.05, 0.1) is 23.9 Å². The minimum atomic E-state index is -0.603. The molecule has 33 heavy (non-hydrogen) atoms. The van der Waals surface area contributed by atoms with Crippen molar-refractivity contribution in [2.75, 3.05) is 13.7 Å². The van der Waals surface area contributed by atoms with E-state index in [4.69, 9.17) is 26.1 Å². The second-order valence-electron chi connectivity index (χ2n) is 7.72. The number of aromatic nitrogens is 1. The summed E-state index contributed by atoms with van der Waals surface area (Å²) in [6, 6.07) is 19.8. The second-order valence-corrected chi connectivity index (χ2v) is 8.13. The molecule has 0 atom stereocenters. The van der Waals surface area contributed by atoms with Crippen LogP contribution < -0.4 is 4.74 Å². The molecule has 0 fully saturated rings. The van der Waals surface area contributed by atoms with E-state index < -0.39 is 5.97 Å². The van der Waals surface area contributed by atoms with Crippen LogP contribution >= 0.6 is 11.6 Å². The van der Waals surface area contributed by atoms with Gasteiger partial charge in [0.1, 0.15) is 5.75 Å². The lowest BCUT2D eigenvalue weighted by Gasteiger charge is -2.12. The lowest BCUT2D eigenvalue weighted by Crippen LogP contribution is -2.15. The number of ether oxygens (including phenoxy) is 2. The van der Waals surface area contributed by atoms with E-state index in [1.807, 2.05) is 38.1 Å². The quantitative estimate of drug-likeness (QED) is 0.253. The van der Waals surface area contributed by atoms with Gasteiger partial charge in [-0.2, -0.15) is 0 Å². The summed E-state index contributed by atoms with van der Waals surface area (Å²) in [7, 11) is 1.53. The average Bonchev–Trinajstić information content (AvgIpc) is 2.84. The number of nitrogens with zero attached hydrogens (tertiary/aromatic N) is 1. The number of esters is 1. The van der Waals surface area contributed by atoms with Crippen LogP contribution in [0.4, 0.5) is 0 Å². The predicted octanol–water partition coefficient (Wildman–Crippen LogP) is 6.22. The highest BCUT2D eigenvalue weighted by Gasteiger charge is 2.19. The van der Waals surface area contributed by atoms with E-state index in [1.165, 1.54) is 7.11 Å². The molecule has 0 bridgehead atoms. The van der Waals surface area contributed by atoms with Crippen LogP contribution in [0.25, 0.3) is 22.2 Å². The molecule has 0 saturated heterocycles. The van der Waals surface area contributed by atoms with Gasteiger partial charge in [-0.1, -0.05) is 59.6 Å². The molecular formula is C27H22ClNO4. The number of halogens is 1. The first-order chi connectivity index (χ1) is 15.9. The third-order valence-electron chi connectivity index (χ3n) is 5.46. The van der Waals surface area contributed by atoms with Crippen molar-refractivity contribution in [1.82, 2.24) is 4.98 Å². The number of ketones is 1. The van der Waals surface area contributed by atoms with Crippen LogP contribution in [0.2, 0.25) is 5.02 Å². The third kappa shape index (κ3) is 4.73. The fraction of sp³-hybridized carbons (Fsp3) is 0.148. The smallest absolute Gasteiger partial charge is 0.339 e. The maximum absolute atomic E-state index is 13.1. The first-order valence-electron chi connectivity index (χ1n) is 10.4. The van der Waals surface area contributed by atoms with Crippen LogP contribution in [0, 0.1) is 13.8 Å². The summed E-state index contributed by atoms with van der Waals surface area (Å²) in [5.74, 6) is -0.366. The van der Waals surface area contributed by atoms with E-state index in [0.29, 0.717) is 38.5 Å². The summed E-state index contributed by atoms with van der Waals surface area (Å²) in [4.78, 5) is 30.4. The number of hydrogen-bond donors (Lipinski definition) is 0. The molecule has 1 aromatic heterocycles. The molecule has 1 heterocycles. The maximum atomic E-state index is 13.1. The van der Waals surface area contributed by atoms with Crippen LogP contribution in [0.5, 0.6) is 5.75 Å². The number of methoxy groups -OCH3 is 1. The Labute approximate surface area is 196 Å². The van der Waals surface area contributed by atoms with Gasteiger partial charge in [0, 0.05) is 21.5 Å². The van der Waals surface area contributed by atoms with Crippen LogP contribution in [0.1, 0.15) is 31.8 Å². The molecule has 0 aliphatic heterocycles. The van der Waals surface area contributed by atoms with Crippen LogP contribution in [-0.2, 0) is 4.74 Å². The van der Waals surface area contributed by atoms with Crippen molar-refractivity contribution in [1.29, 1.82) is 0 Å². The fourth-order valence-corrected chi connectivity index (χ4v) is 3.69. The van der Waals surface area contributed by atoms with Gasteiger partial charge in [-0.3, -0.25) is 4.79 Å². The first-order valence-corrected chi connectivity index (χ1v) is 10.8. The fourth-order valence-electron chi connectivity index (χ4n) is 3.53. The predicted molar refractivity (Wildman–Crippen MR) is 129 cm³/mol. The maximum Gasteiger partial charge on any atom is 0.339 e. The summed E-state index contributed by atoms with van der Waals surface area (Å²) in [5.41, 5.74) is 4.73. The number of benzene rings is 3. The van der Waals surface area contributed by atoms with Crippen molar-refractivity contribution >= 4 is 34.3 Å². The second kappa shape index (κ2) is 9.43. The van der Waals surface area contributed by atoms with Crippen molar-refractivity contribution in [3.8, 4) is 17.0 Å². The number of aryl methyl sites for hydroxylation is 2. The number of carbonyl (C=O) groups is 2. The molecule has 166 valence electrons. The van der Waals surface area contributed by atoms with Crippen LogP contribution in [0.3, 0.4) is 0 Å². The normalized spacial score (nSPS) is 10.8. The van der Waals surface area contributed by atoms with Gasteiger partial charge in [-0.15, -0.1) is 0 Å². The van der Waals surface area contributed by atoms with Gasteiger partial charge in [-0.25, -0.2) is 9.78 Å². The molecule has 6 heteroatoms. The molecule has 4 rings (SSSR count). The molecule has 0 aliphatic rings. The van der Waals surface area contributed by atoms with Crippen molar-refractivity contribution < 1.29 is 19.1 Å². The number of rotatable bonds is 6. The molecule has 0 saturated carbocycles. The summed E-state index contributed by atoms with van der Waals surface area (Å²) in [6.07, 6.45) is 0. The Kier molecular flexibility index (Phi) is 6.43.